The molecule has 8 nitrogen and oxygen atoms in total. The minimum Gasteiger partial charge on any atom is -0.497 e. The number of aromatic nitrogens is 2. The molecule has 1 fully saturated rings. The average Bonchev–Trinajstić information content (AvgIpc) is 3.38. The van der Waals surface area contributed by atoms with E-state index < -0.39 is 16.1 Å². The number of carbonyl (C=O) groups is 1. The van der Waals surface area contributed by atoms with Gasteiger partial charge in [-0.25, -0.2) is 18.4 Å². The van der Waals surface area contributed by atoms with Gasteiger partial charge in [-0.3, -0.25) is 4.79 Å². The number of hydrogen-bond acceptors (Lipinski definition) is 7. The number of likely N-dealkylation sites (tertiary alicyclic amines) is 1. The number of carbonyl (C=O) groups excluding carboxylic acids is 1. The summed E-state index contributed by atoms with van der Waals surface area (Å²) in [6.07, 6.45) is 1.78. The summed E-state index contributed by atoms with van der Waals surface area (Å²) in [6.45, 7) is 0.775. The molecule has 2 aromatic carbocycles. The number of methoxy groups -OCH3 is 1. The molecular weight excluding hydrogens is 484 g/mol. The second-order valence-corrected chi connectivity index (χ2v) is 10.7. The van der Waals surface area contributed by atoms with Gasteiger partial charge in [-0.1, -0.05) is 23.7 Å². The standard InChI is InChI=1S/C22H19ClN4O4S2/c1-31-16-4-2-13-3-5-17(9-14(13)8-16)33(29,30)26-18-6-7-27(22(18)28)10-15-11-32-20-19(15)24-12-25-21(20)23/h2-5,8-9,11-12,18,26H,6-7,10H2,1H3/t18-/m0/s1. The van der Waals surface area contributed by atoms with E-state index in [0.717, 1.165) is 21.0 Å². The first-order valence-electron chi connectivity index (χ1n) is 10.1. The number of sulfonamides is 1. The molecule has 0 bridgehead atoms. The highest BCUT2D eigenvalue weighted by Crippen LogP contribution is 2.31. The van der Waals surface area contributed by atoms with Gasteiger partial charge in [0.2, 0.25) is 15.9 Å². The molecule has 0 aliphatic carbocycles. The molecule has 1 aliphatic rings. The Kier molecular flexibility index (Phi) is 5.69. The highest BCUT2D eigenvalue weighted by atomic mass is 35.5. The van der Waals surface area contributed by atoms with Crippen LogP contribution in [-0.4, -0.2) is 48.9 Å². The lowest BCUT2D eigenvalue weighted by molar-refractivity contribution is -0.129. The second kappa shape index (κ2) is 8.53. The molecule has 4 aromatic rings. The highest BCUT2D eigenvalue weighted by molar-refractivity contribution is 7.89. The Morgan fingerprint density at radius 1 is 1.21 bits per heavy atom. The van der Waals surface area contributed by atoms with Crippen LogP contribution >= 0.6 is 22.9 Å². The summed E-state index contributed by atoms with van der Waals surface area (Å²) in [4.78, 5) is 23.0. The summed E-state index contributed by atoms with van der Waals surface area (Å²) in [6, 6.07) is 9.49. The third-order valence-electron chi connectivity index (χ3n) is 5.67. The van der Waals surface area contributed by atoms with Gasteiger partial charge in [0.05, 0.1) is 22.2 Å². The molecule has 1 saturated heterocycles. The number of nitrogens with one attached hydrogen (secondary N) is 1. The van der Waals surface area contributed by atoms with Gasteiger partial charge in [0.25, 0.3) is 0 Å². The first-order chi connectivity index (χ1) is 15.9. The van der Waals surface area contributed by atoms with Crippen LogP contribution in [0.15, 0.2) is 53.0 Å². The van der Waals surface area contributed by atoms with E-state index in [4.69, 9.17) is 16.3 Å². The van der Waals surface area contributed by atoms with Crippen molar-refractivity contribution in [3.63, 3.8) is 0 Å². The number of fused-ring (bicyclic) bond motifs is 2. The van der Waals surface area contributed by atoms with Gasteiger partial charge in [-0.2, -0.15) is 4.72 Å². The quantitative estimate of drug-likeness (QED) is 0.404. The Morgan fingerprint density at radius 3 is 2.85 bits per heavy atom. The van der Waals surface area contributed by atoms with Crippen molar-refractivity contribution in [3.05, 3.63) is 58.8 Å². The third-order valence-corrected chi connectivity index (χ3v) is 8.56. The zero-order chi connectivity index (χ0) is 23.2. The number of ether oxygens (including phenoxy) is 1. The summed E-state index contributed by atoms with van der Waals surface area (Å²) in [5.41, 5.74) is 1.57. The maximum absolute atomic E-state index is 13.0. The molecule has 2 aromatic heterocycles. The Labute approximate surface area is 199 Å². The van der Waals surface area contributed by atoms with E-state index in [-0.39, 0.29) is 10.8 Å². The predicted octanol–water partition coefficient (Wildman–Crippen LogP) is 3.59. The number of halogens is 1. The highest BCUT2D eigenvalue weighted by Gasteiger charge is 2.35. The van der Waals surface area contributed by atoms with Gasteiger partial charge < -0.3 is 9.64 Å². The minimum absolute atomic E-state index is 0.102. The molecule has 1 amide bonds. The van der Waals surface area contributed by atoms with Crippen LogP contribution < -0.4 is 9.46 Å². The first-order valence-corrected chi connectivity index (χ1v) is 12.9. The largest absolute Gasteiger partial charge is 0.497 e. The summed E-state index contributed by atoms with van der Waals surface area (Å²) >= 11 is 7.54. The lowest BCUT2D eigenvalue weighted by atomic mass is 10.1. The maximum Gasteiger partial charge on any atom is 0.241 e. The smallest absolute Gasteiger partial charge is 0.241 e. The van der Waals surface area contributed by atoms with Crippen molar-refractivity contribution in [2.75, 3.05) is 13.7 Å². The molecule has 1 atom stereocenters. The van der Waals surface area contributed by atoms with Gasteiger partial charge in [0, 0.05) is 18.7 Å². The lowest BCUT2D eigenvalue weighted by Gasteiger charge is -2.17. The molecule has 0 saturated carbocycles. The van der Waals surface area contributed by atoms with Crippen molar-refractivity contribution in [3.8, 4) is 5.75 Å². The van der Waals surface area contributed by atoms with Crippen LogP contribution in [0.25, 0.3) is 21.0 Å². The zero-order valence-electron chi connectivity index (χ0n) is 17.5. The molecule has 1 aliphatic heterocycles. The number of hydrogen-bond donors (Lipinski definition) is 1. The van der Waals surface area contributed by atoms with Crippen molar-refractivity contribution in [1.29, 1.82) is 0 Å². The van der Waals surface area contributed by atoms with Gasteiger partial charge in [-0.05, 0) is 46.8 Å². The van der Waals surface area contributed by atoms with Crippen molar-refractivity contribution in [2.45, 2.75) is 23.9 Å². The number of benzene rings is 2. The monoisotopic (exact) mass is 502 g/mol. The number of rotatable bonds is 6. The average molecular weight is 503 g/mol. The van der Waals surface area contributed by atoms with Crippen molar-refractivity contribution in [2.24, 2.45) is 0 Å². The van der Waals surface area contributed by atoms with Crippen LogP contribution in [0.3, 0.4) is 0 Å². The van der Waals surface area contributed by atoms with E-state index in [1.165, 1.54) is 23.7 Å². The summed E-state index contributed by atoms with van der Waals surface area (Å²) in [7, 11) is -2.33. The normalized spacial score (nSPS) is 16.7. The maximum atomic E-state index is 13.0. The van der Waals surface area contributed by atoms with Gasteiger partial charge >= 0.3 is 0 Å². The molecule has 0 unspecified atom stereocenters. The van der Waals surface area contributed by atoms with Crippen molar-refractivity contribution < 1.29 is 17.9 Å². The fourth-order valence-electron chi connectivity index (χ4n) is 3.95. The van der Waals surface area contributed by atoms with Gasteiger partial charge in [0.15, 0.2) is 0 Å². The Balaban J connectivity index is 1.33. The van der Waals surface area contributed by atoms with Crippen LogP contribution in [-0.2, 0) is 21.4 Å². The zero-order valence-corrected chi connectivity index (χ0v) is 19.9. The van der Waals surface area contributed by atoms with Crippen LogP contribution in [0.4, 0.5) is 0 Å². The topological polar surface area (TPSA) is 101 Å². The molecule has 11 heteroatoms. The molecule has 170 valence electrons. The number of thiophene rings is 1. The van der Waals surface area contributed by atoms with Crippen LogP contribution in [0, 0.1) is 0 Å². The van der Waals surface area contributed by atoms with Crippen LogP contribution in [0.1, 0.15) is 12.0 Å². The molecule has 1 N–H and O–H groups in total. The minimum atomic E-state index is -3.89. The van der Waals surface area contributed by atoms with E-state index in [1.54, 1.807) is 30.2 Å². The molecule has 0 spiro atoms. The molecule has 3 heterocycles. The van der Waals surface area contributed by atoms with E-state index in [9.17, 15) is 13.2 Å². The SMILES string of the molecule is COc1ccc2ccc(S(=O)(=O)N[C@H]3CCN(Cc4csc5c(Cl)ncnc45)C3=O)cc2c1. The second-order valence-electron chi connectivity index (χ2n) is 7.70. The number of amides is 1. The van der Waals surface area contributed by atoms with Gasteiger partial charge in [0.1, 0.15) is 23.3 Å². The van der Waals surface area contributed by atoms with E-state index in [2.05, 4.69) is 14.7 Å². The van der Waals surface area contributed by atoms with E-state index in [1.807, 2.05) is 17.5 Å². The summed E-state index contributed by atoms with van der Waals surface area (Å²) in [5.74, 6) is 0.375. The van der Waals surface area contributed by atoms with Crippen LogP contribution in [0.5, 0.6) is 5.75 Å². The summed E-state index contributed by atoms with van der Waals surface area (Å²) in [5, 5.41) is 3.91. The van der Waals surface area contributed by atoms with Crippen molar-refractivity contribution >= 4 is 59.9 Å². The fourth-order valence-corrected chi connectivity index (χ4v) is 6.36. The summed E-state index contributed by atoms with van der Waals surface area (Å²) < 4.78 is 34.6. The molecule has 33 heavy (non-hydrogen) atoms. The first kappa shape index (κ1) is 22.0. The molecular formula is C22H19ClN4O4S2. The third kappa shape index (κ3) is 4.15. The van der Waals surface area contributed by atoms with Crippen molar-refractivity contribution in [1.82, 2.24) is 19.6 Å². The van der Waals surface area contributed by atoms with Crippen LogP contribution in [0.2, 0.25) is 5.15 Å². The van der Waals surface area contributed by atoms with E-state index in [0.29, 0.717) is 35.9 Å². The Bertz CT molecular complexity index is 1490. The Hall–Kier alpha value is -2.79. The number of nitrogens with zero attached hydrogens (tertiary/aromatic N) is 3. The lowest BCUT2D eigenvalue weighted by Crippen LogP contribution is -2.41. The Morgan fingerprint density at radius 2 is 2.03 bits per heavy atom. The van der Waals surface area contributed by atoms with E-state index >= 15 is 0 Å². The molecule has 0 radical (unpaired) electrons. The fraction of sp³-hybridized carbons (Fsp3) is 0.227. The molecule has 5 rings (SSSR count). The predicted molar refractivity (Wildman–Crippen MR) is 127 cm³/mol. The van der Waals surface area contributed by atoms with Gasteiger partial charge in [-0.15, -0.1) is 11.3 Å².